The van der Waals surface area contributed by atoms with E-state index in [-0.39, 0.29) is 36.2 Å². The number of ether oxygens (including phenoxy) is 2. The van der Waals surface area contributed by atoms with E-state index in [0.29, 0.717) is 37.7 Å². The maximum atomic E-state index is 13.4. The number of pyridine rings is 1. The molecule has 12 nitrogen and oxygen atoms in total. The van der Waals surface area contributed by atoms with Crippen LogP contribution >= 0.6 is 0 Å². The largest absolute Gasteiger partial charge is 0.444 e. The summed E-state index contributed by atoms with van der Waals surface area (Å²) in [5.74, 6) is -0.396. The van der Waals surface area contributed by atoms with Gasteiger partial charge in [-0.1, -0.05) is 12.1 Å². The summed E-state index contributed by atoms with van der Waals surface area (Å²) in [5.41, 5.74) is 9.19. The zero-order valence-electron chi connectivity index (χ0n) is 24.1. The second kappa shape index (κ2) is 12.1. The minimum absolute atomic E-state index is 0.0598. The first-order chi connectivity index (χ1) is 20.1. The number of morpholine rings is 1. The molecular formula is C30H35N7O5. The van der Waals surface area contributed by atoms with Crippen molar-refractivity contribution in [1.29, 1.82) is 0 Å². The first-order valence-electron chi connectivity index (χ1n) is 13.9. The Kier molecular flexibility index (Phi) is 8.34. The molecule has 1 aromatic carbocycles. The first kappa shape index (κ1) is 28.9. The van der Waals surface area contributed by atoms with Crippen molar-refractivity contribution in [2.24, 2.45) is 0 Å². The maximum absolute atomic E-state index is 13.4. The Hall–Kier alpha value is -4.58. The lowest BCUT2D eigenvalue weighted by atomic mass is 10.1. The molecule has 0 bridgehead atoms. The second-order valence-electron chi connectivity index (χ2n) is 11.2. The van der Waals surface area contributed by atoms with Gasteiger partial charge < -0.3 is 25.0 Å². The second-order valence-corrected chi connectivity index (χ2v) is 11.2. The molecule has 12 heteroatoms. The number of carbonyl (C=O) groups excluding carboxylic acids is 3. The number of hydrogen-bond acceptors (Lipinski definition) is 10. The first-order valence-corrected chi connectivity index (χ1v) is 13.9. The summed E-state index contributed by atoms with van der Waals surface area (Å²) in [6.07, 6.45) is 4.52. The number of Topliss-reactive ketones (excluding diaryl/α,β-unsaturated/α-hetero) is 1. The van der Waals surface area contributed by atoms with Crippen molar-refractivity contribution in [1.82, 2.24) is 19.9 Å². The predicted molar refractivity (Wildman–Crippen MR) is 157 cm³/mol. The van der Waals surface area contributed by atoms with E-state index in [2.05, 4.69) is 19.9 Å². The van der Waals surface area contributed by atoms with E-state index in [0.717, 1.165) is 29.9 Å². The summed E-state index contributed by atoms with van der Waals surface area (Å²) in [7, 11) is 0. The summed E-state index contributed by atoms with van der Waals surface area (Å²) in [6, 6.07) is 9.15. The lowest BCUT2D eigenvalue weighted by Crippen LogP contribution is -2.53. The van der Waals surface area contributed by atoms with Gasteiger partial charge >= 0.3 is 6.09 Å². The van der Waals surface area contributed by atoms with Gasteiger partial charge in [-0.15, -0.1) is 0 Å². The standard InChI is InChI=1S/C30H35N7O5/c1-30(2,3)42-29(40)36-10-11-37(26(39)19-36)22-6-4-20(5-7-22)23-18-33-28(31)27(34-23)25(38)16-21-17-32-9-8-24(21)35-12-14-41-15-13-35/h4-9,17-18H,10-16,19H2,1-3H3,(H2,31,33). The summed E-state index contributed by atoms with van der Waals surface area (Å²) in [5, 5.41) is 0. The van der Waals surface area contributed by atoms with E-state index in [1.165, 1.54) is 11.1 Å². The Morgan fingerprint density at radius 3 is 2.45 bits per heavy atom. The van der Waals surface area contributed by atoms with E-state index in [1.54, 1.807) is 50.2 Å². The molecule has 2 amide bonds. The number of nitrogens with zero attached hydrogens (tertiary/aromatic N) is 6. The van der Waals surface area contributed by atoms with Crippen LogP contribution in [0, 0.1) is 0 Å². The molecule has 42 heavy (non-hydrogen) atoms. The topological polar surface area (TPSA) is 144 Å². The fourth-order valence-electron chi connectivity index (χ4n) is 4.91. The monoisotopic (exact) mass is 573 g/mol. The summed E-state index contributed by atoms with van der Waals surface area (Å²) in [4.78, 5) is 56.9. The number of nitrogen functional groups attached to an aromatic ring is 1. The molecule has 2 saturated heterocycles. The quantitative estimate of drug-likeness (QED) is 0.437. The Bertz CT molecular complexity index is 1470. The molecule has 0 unspecified atom stereocenters. The smallest absolute Gasteiger partial charge is 0.410 e. The van der Waals surface area contributed by atoms with Crippen LogP contribution in [0.1, 0.15) is 36.8 Å². The third kappa shape index (κ3) is 6.65. The summed E-state index contributed by atoms with van der Waals surface area (Å²) in [6.45, 7) is 8.76. The van der Waals surface area contributed by atoms with Gasteiger partial charge in [0.05, 0.1) is 25.1 Å². The molecule has 2 aliphatic heterocycles. The average Bonchev–Trinajstić information content (AvgIpc) is 2.97. The van der Waals surface area contributed by atoms with Gasteiger partial charge in [-0.25, -0.2) is 14.8 Å². The fraction of sp³-hybridized carbons (Fsp3) is 0.400. The molecule has 0 spiro atoms. The van der Waals surface area contributed by atoms with Crippen LogP contribution in [0.5, 0.6) is 0 Å². The highest BCUT2D eigenvalue weighted by Gasteiger charge is 2.31. The van der Waals surface area contributed by atoms with Crippen LogP contribution in [0.2, 0.25) is 0 Å². The van der Waals surface area contributed by atoms with E-state index >= 15 is 0 Å². The van der Waals surface area contributed by atoms with Gasteiger partial charge in [0.15, 0.2) is 11.6 Å². The number of ketones is 1. The maximum Gasteiger partial charge on any atom is 0.410 e. The third-order valence-electron chi connectivity index (χ3n) is 6.99. The number of amides is 2. The number of aromatic nitrogens is 3. The molecular weight excluding hydrogens is 538 g/mol. The SMILES string of the molecule is CC(C)(C)OC(=O)N1CCN(c2ccc(-c3cnc(N)c(C(=O)Cc4cnccc4N4CCOCC4)n3)cc2)C(=O)C1. The van der Waals surface area contributed by atoms with Gasteiger partial charge in [-0.2, -0.15) is 0 Å². The normalized spacial score (nSPS) is 16.0. The molecule has 2 aromatic heterocycles. The lowest BCUT2D eigenvalue weighted by Gasteiger charge is -2.35. The Morgan fingerprint density at radius 1 is 1.02 bits per heavy atom. The Morgan fingerprint density at radius 2 is 1.76 bits per heavy atom. The molecule has 5 rings (SSSR count). The molecule has 220 valence electrons. The van der Waals surface area contributed by atoms with Crippen LogP contribution in [0.25, 0.3) is 11.3 Å². The van der Waals surface area contributed by atoms with Crippen LogP contribution in [0.4, 0.5) is 22.0 Å². The molecule has 3 aromatic rings. The number of hydrogen-bond donors (Lipinski definition) is 1. The number of benzene rings is 1. The van der Waals surface area contributed by atoms with Crippen LogP contribution in [-0.2, 0) is 20.7 Å². The van der Waals surface area contributed by atoms with Gasteiger partial charge in [0, 0.05) is 67.5 Å². The van der Waals surface area contributed by atoms with E-state index in [4.69, 9.17) is 15.2 Å². The highest BCUT2D eigenvalue weighted by atomic mass is 16.6. The van der Waals surface area contributed by atoms with Crippen molar-refractivity contribution in [2.75, 3.05) is 61.5 Å². The average molecular weight is 574 g/mol. The number of piperazine rings is 1. The zero-order valence-corrected chi connectivity index (χ0v) is 24.1. The van der Waals surface area contributed by atoms with Crippen molar-refractivity contribution >= 4 is 35.0 Å². The fourth-order valence-corrected chi connectivity index (χ4v) is 4.91. The summed E-state index contributed by atoms with van der Waals surface area (Å²) < 4.78 is 10.9. The van der Waals surface area contributed by atoms with Gasteiger partial charge in [0.2, 0.25) is 5.91 Å². The molecule has 2 fully saturated rings. The number of carbonyl (C=O) groups is 3. The number of nitrogens with two attached hydrogens (primary N) is 1. The molecule has 0 saturated carbocycles. The minimum Gasteiger partial charge on any atom is -0.444 e. The van der Waals surface area contributed by atoms with Crippen LogP contribution in [-0.4, -0.2) is 89.2 Å². The lowest BCUT2D eigenvalue weighted by molar-refractivity contribution is -0.121. The van der Waals surface area contributed by atoms with Crippen molar-refractivity contribution in [3.63, 3.8) is 0 Å². The Balaban J connectivity index is 1.28. The van der Waals surface area contributed by atoms with Gasteiger partial charge in [-0.3, -0.25) is 19.5 Å². The Labute approximate surface area is 244 Å². The molecule has 2 N–H and O–H groups in total. The van der Waals surface area contributed by atoms with Crippen LogP contribution in [0.3, 0.4) is 0 Å². The minimum atomic E-state index is -0.632. The molecule has 4 heterocycles. The predicted octanol–water partition coefficient (Wildman–Crippen LogP) is 2.97. The van der Waals surface area contributed by atoms with Crippen LogP contribution in [0.15, 0.2) is 48.9 Å². The number of anilines is 3. The summed E-state index contributed by atoms with van der Waals surface area (Å²) >= 11 is 0. The number of rotatable bonds is 6. The third-order valence-corrected chi connectivity index (χ3v) is 6.99. The van der Waals surface area contributed by atoms with Crippen LogP contribution < -0.4 is 15.5 Å². The molecule has 0 aliphatic carbocycles. The van der Waals surface area contributed by atoms with Gasteiger partial charge in [0.25, 0.3) is 0 Å². The van der Waals surface area contributed by atoms with E-state index in [9.17, 15) is 14.4 Å². The molecule has 0 atom stereocenters. The molecule has 0 radical (unpaired) electrons. The highest BCUT2D eigenvalue weighted by molar-refractivity contribution is 6.00. The molecule has 2 aliphatic rings. The van der Waals surface area contributed by atoms with Crippen molar-refractivity contribution in [3.8, 4) is 11.3 Å². The van der Waals surface area contributed by atoms with Crippen molar-refractivity contribution in [3.05, 3.63) is 60.2 Å². The highest BCUT2D eigenvalue weighted by Crippen LogP contribution is 2.26. The van der Waals surface area contributed by atoms with E-state index in [1.807, 2.05) is 18.2 Å². The zero-order chi connectivity index (χ0) is 29.9. The van der Waals surface area contributed by atoms with Crippen molar-refractivity contribution in [2.45, 2.75) is 32.8 Å². The van der Waals surface area contributed by atoms with Gasteiger partial charge in [0.1, 0.15) is 17.8 Å². The van der Waals surface area contributed by atoms with Gasteiger partial charge in [-0.05, 0) is 39.0 Å². The van der Waals surface area contributed by atoms with E-state index < -0.39 is 11.7 Å². The van der Waals surface area contributed by atoms with Crippen molar-refractivity contribution < 1.29 is 23.9 Å².